The third-order valence-corrected chi connectivity index (χ3v) is 8.02. The summed E-state index contributed by atoms with van der Waals surface area (Å²) in [5.74, 6) is -0.636. The first-order valence-corrected chi connectivity index (χ1v) is 10.5. The summed E-state index contributed by atoms with van der Waals surface area (Å²) in [6.07, 6.45) is 3.85. The SMILES string of the molecule is CC=C1CN2CCC34c5ccccc5NC3C2CC1C4(COC(C)=O)C(=O)OC. The summed E-state index contributed by atoms with van der Waals surface area (Å²) >= 11 is 0. The van der Waals surface area contributed by atoms with E-state index in [4.69, 9.17) is 9.47 Å². The Morgan fingerprint density at radius 1 is 1.34 bits per heavy atom. The molecule has 0 spiro atoms. The molecule has 0 amide bonds. The van der Waals surface area contributed by atoms with Crippen LogP contribution in [0.25, 0.3) is 0 Å². The number of hydrogen-bond acceptors (Lipinski definition) is 6. The van der Waals surface area contributed by atoms with Gasteiger partial charge in [-0.25, -0.2) is 0 Å². The fourth-order valence-corrected chi connectivity index (χ4v) is 6.96. The summed E-state index contributed by atoms with van der Waals surface area (Å²) in [6, 6.07) is 8.75. The molecule has 3 aliphatic heterocycles. The van der Waals surface area contributed by atoms with Gasteiger partial charge in [0.2, 0.25) is 0 Å². The number of fused-ring (bicyclic) bond motifs is 2. The molecule has 2 saturated heterocycles. The first kappa shape index (κ1) is 18.7. The zero-order chi connectivity index (χ0) is 20.4. The van der Waals surface area contributed by atoms with Crippen molar-refractivity contribution in [1.82, 2.24) is 4.90 Å². The van der Waals surface area contributed by atoms with Crippen LogP contribution < -0.4 is 5.32 Å². The van der Waals surface area contributed by atoms with E-state index in [1.807, 2.05) is 19.1 Å². The van der Waals surface area contributed by atoms with E-state index in [-0.39, 0.29) is 30.5 Å². The molecule has 5 unspecified atom stereocenters. The topological polar surface area (TPSA) is 67.9 Å². The minimum absolute atomic E-state index is 0.00921. The number of rotatable bonds is 3. The van der Waals surface area contributed by atoms with Gasteiger partial charge in [-0.05, 0) is 37.9 Å². The predicted molar refractivity (Wildman–Crippen MR) is 108 cm³/mol. The highest BCUT2D eigenvalue weighted by Crippen LogP contribution is 2.67. The quantitative estimate of drug-likeness (QED) is 0.626. The van der Waals surface area contributed by atoms with Crippen LogP contribution in [0.4, 0.5) is 5.69 Å². The number of carbonyl (C=O) groups excluding carboxylic acids is 2. The number of esters is 2. The van der Waals surface area contributed by atoms with Crippen LogP contribution in [0.3, 0.4) is 0 Å². The number of carbonyl (C=O) groups is 2. The molecule has 3 fully saturated rings. The Kier molecular flexibility index (Phi) is 4.07. The van der Waals surface area contributed by atoms with Crippen molar-refractivity contribution in [3.63, 3.8) is 0 Å². The Balaban J connectivity index is 1.81. The van der Waals surface area contributed by atoms with Crippen molar-refractivity contribution in [2.24, 2.45) is 11.3 Å². The maximum absolute atomic E-state index is 13.7. The minimum atomic E-state index is -0.942. The third-order valence-electron chi connectivity index (χ3n) is 8.02. The number of nitrogens with zero attached hydrogens (tertiary/aromatic N) is 1. The van der Waals surface area contributed by atoms with Crippen LogP contribution in [0.2, 0.25) is 0 Å². The van der Waals surface area contributed by atoms with E-state index in [0.717, 1.165) is 37.2 Å². The van der Waals surface area contributed by atoms with E-state index in [9.17, 15) is 9.59 Å². The Hall–Kier alpha value is -2.34. The summed E-state index contributed by atoms with van der Waals surface area (Å²) < 4.78 is 11.1. The fraction of sp³-hybridized carbons (Fsp3) is 0.565. The van der Waals surface area contributed by atoms with Gasteiger partial charge in [-0.1, -0.05) is 29.8 Å². The Morgan fingerprint density at radius 2 is 2.14 bits per heavy atom. The molecule has 29 heavy (non-hydrogen) atoms. The lowest BCUT2D eigenvalue weighted by atomic mass is 9.42. The first-order chi connectivity index (χ1) is 14.0. The molecular formula is C23H28N2O4. The van der Waals surface area contributed by atoms with E-state index in [1.54, 1.807) is 0 Å². The Labute approximate surface area is 171 Å². The van der Waals surface area contributed by atoms with Crippen molar-refractivity contribution in [1.29, 1.82) is 0 Å². The number of benzene rings is 1. The molecule has 1 saturated carbocycles. The second kappa shape index (κ2) is 6.33. The number of piperidine rings is 2. The van der Waals surface area contributed by atoms with Gasteiger partial charge in [0, 0.05) is 36.5 Å². The summed E-state index contributed by atoms with van der Waals surface area (Å²) in [7, 11) is 1.46. The molecule has 5 atom stereocenters. The molecule has 6 heteroatoms. The molecule has 1 N–H and O–H groups in total. The molecule has 154 valence electrons. The second-order valence-electron chi connectivity index (χ2n) is 8.82. The molecule has 1 aromatic rings. The van der Waals surface area contributed by atoms with Crippen molar-refractivity contribution < 1.29 is 19.1 Å². The van der Waals surface area contributed by atoms with Crippen LogP contribution in [0.15, 0.2) is 35.9 Å². The van der Waals surface area contributed by atoms with Crippen molar-refractivity contribution in [3.8, 4) is 0 Å². The lowest BCUT2D eigenvalue weighted by Crippen LogP contribution is -2.77. The van der Waals surface area contributed by atoms with Crippen molar-refractivity contribution >= 4 is 17.6 Å². The lowest BCUT2D eigenvalue weighted by molar-refractivity contribution is -0.190. The largest absolute Gasteiger partial charge is 0.468 e. The van der Waals surface area contributed by atoms with Crippen LogP contribution in [0, 0.1) is 11.3 Å². The van der Waals surface area contributed by atoms with Gasteiger partial charge < -0.3 is 14.8 Å². The second-order valence-corrected chi connectivity index (χ2v) is 8.82. The van der Waals surface area contributed by atoms with Gasteiger partial charge in [0.05, 0.1) is 13.2 Å². The van der Waals surface area contributed by atoms with Crippen molar-refractivity contribution in [3.05, 3.63) is 41.5 Å². The number of anilines is 1. The predicted octanol–water partition coefficient (Wildman–Crippen LogP) is 2.50. The molecule has 3 bridgehead atoms. The molecule has 4 aliphatic rings. The zero-order valence-electron chi connectivity index (χ0n) is 17.2. The molecule has 1 aliphatic carbocycles. The first-order valence-electron chi connectivity index (χ1n) is 10.5. The average molecular weight is 396 g/mol. The number of nitrogens with one attached hydrogen (secondary N) is 1. The molecule has 5 rings (SSSR count). The average Bonchev–Trinajstić information content (AvgIpc) is 3.09. The number of allylic oxidation sites excluding steroid dienone is 1. The fourth-order valence-electron chi connectivity index (χ4n) is 6.96. The van der Waals surface area contributed by atoms with E-state index < -0.39 is 10.8 Å². The van der Waals surface area contributed by atoms with Crippen LogP contribution in [-0.2, 0) is 24.5 Å². The monoisotopic (exact) mass is 396 g/mol. The molecule has 0 aromatic heterocycles. The van der Waals surface area contributed by atoms with Gasteiger partial charge in [-0.3, -0.25) is 14.5 Å². The Morgan fingerprint density at radius 3 is 2.86 bits per heavy atom. The van der Waals surface area contributed by atoms with E-state index in [2.05, 4.69) is 28.4 Å². The van der Waals surface area contributed by atoms with Crippen molar-refractivity contribution in [2.45, 2.75) is 44.2 Å². The van der Waals surface area contributed by atoms with E-state index in [1.165, 1.54) is 19.6 Å². The highest BCUT2D eigenvalue weighted by Gasteiger charge is 2.75. The third kappa shape index (κ3) is 2.15. The van der Waals surface area contributed by atoms with Crippen molar-refractivity contribution in [2.75, 3.05) is 32.1 Å². The molecule has 0 radical (unpaired) electrons. The number of para-hydroxylation sites is 1. The van der Waals surface area contributed by atoms with Crippen LogP contribution in [-0.4, -0.2) is 55.7 Å². The smallest absolute Gasteiger partial charge is 0.316 e. The molecule has 3 heterocycles. The Bertz CT molecular complexity index is 912. The van der Waals surface area contributed by atoms with E-state index in [0.29, 0.717) is 6.04 Å². The van der Waals surface area contributed by atoms with Crippen LogP contribution in [0.1, 0.15) is 32.3 Å². The summed E-state index contributed by atoms with van der Waals surface area (Å²) in [4.78, 5) is 28.2. The van der Waals surface area contributed by atoms with Gasteiger partial charge in [-0.2, -0.15) is 0 Å². The zero-order valence-corrected chi connectivity index (χ0v) is 17.2. The number of hydrogen-bond donors (Lipinski definition) is 1. The van der Waals surface area contributed by atoms with Gasteiger partial charge in [-0.15, -0.1) is 0 Å². The normalized spacial score (nSPS) is 38.2. The van der Waals surface area contributed by atoms with Gasteiger partial charge in [0.1, 0.15) is 12.0 Å². The lowest BCUT2D eigenvalue weighted by Gasteiger charge is -2.66. The maximum atomic E-state index is 13.7. The molecular weight excluding hydrogens is 368 g/mol. The molecule has 6 nitrogen and oxygen atoms in total. The van der Waals surface area contributed by atoms with Gasteiger partial charge in [0.25, 0.3) is 0 Å². The summed E-state index contributed by atoms with van der Waals surface area (Å²) in [5, 5.41) is 3.76. The highest BCUT2D eigenvalue weighted by atomic mass is 16.5. The van der Waals surface area contributed by atoms with Gasteiger partial charge in [0.15, 0.2) is 0 Å². The summed E-state index contributed by atoms with van der Waals surface area (Å²) in [5.41, 5.74) is 2.09. The van der Waals surface area contributed by atoms with Crippen LogP contribution >= 0.6 is 0 Å². The number of methoxy groups -OCH3 is 1. The van der Waals surface area contributed by atoms with Crippen LogP contribution in [0.5, 0.6) is 0 Å². The maximum Gasteiger partial charge on any atom is 0.316 e. The standard InChI is InChI=1S/C23H28N2O4/c1-4-15-12-25-10-9-22-16-7-5-6-8-18(16)24-20(22)19(25)11-17(15)23(22,21(27)28-3)13-29-14(2)26/h4-8,17,19-20,24H,9-13H2,1-3H3. The summed E-state index contributed by atoms with van der Waals surface area (Å²) in [6.45, 7) is 5.28. The van der Waals surface area contributed by atoms with Gasteiger partial charge >= 0.3 is 11.9 Å². The molecule has 1 aromatic carbocycles. The van der Waals surface area contributed by atoms with E-state index >= 15 is 0 Å². The number of ether oxygens (including phenoxy) is 2. The highest BCUT2D eigenvalue weighted by molar-refractivity contribution is 5.85. The minimum Gasteiger partial charge on any atom is -0.468 e.